The molecule has 2 rings (SSSR count). The van der Waals surface area contributed by atoms with E-state index in [1.165, 1.54) is 5.56 Å². The molecule has 0 spiro atoms. The summed E-state index contributed by atoms with van der Waals surface area (Å²) in [5.41, 5.74) is 2.87. The van der Waals surface area contributed by atoms with Crippen LogP contribution in [-0.2, 0) is 0 Å². The van der Waals surface area contributed by atoms with Crippen molar-refractivity contribution < 1.29 is 4.92 Å². The Balaban J connectivity index is 2.04. The number of nitrogens with zero attached hydrogens (tertiary/aromatic N) is 1. The third-order valence-corrected chi connectivity index (χ3v) is 3.39. The normalized spacial score (nSPS) is 11.9. The lowest BCUT2D eigenvalue weighted by atomic mass is 10.0. The molecule has 2 aromatic rings. The summed E-state index contributed by atoms with van der Waals surface area (Å²) in [4.78, 5) is 10.6. The first-order chi connectivity index (χ1) is 9.58. The second-order valence-electron chi connectivity index (χ2n) is 4.95. The van der Waals surface area contributed by atoms with Crippen molar-refractivity contribution in [3.05, 3.63) is 69.8 Å². The number of nitro groups is 1. The van der Waals surface area contributed by atoms with E-state index >= 15 is 0 Å². The molecule has 1 atom stereocenters. The fourth-order valence-electron chi connectivity index (χ4n) is 2.09. The molecule has 20 heavy (non-hydrogen) atoms. The van der Waals surface area contributed by atoms with Gasteiger partial charge in [0.2, 0.25) is 0 Å². The molecule has 104 valence electrons. The second kappa shape index (κ2) is 6.19. The summed E-state index contributed by atoms with van der Waals surface area (Å²) in [7, 11) is 0. The molecular formula is C16H18N2O2. The highest BCUT2D eigenvalue weighted by molar-refractivity contribution is 5.55. The molecule has 0 aliphatic heterocycles. The lowest BCUT2D eigenvalue weighted by molar-refractivity contribution is -0.385. The van der Waals surface area contributed by atoms with Crippen LogP contribution >= 0.6 is 0 Å². The Kier molecular flexibility index (Phi) is 4.35. The zero-order valence-electron chi connectivity index (χ0n) is 11.7. The van der Waals surface area contributed by atoms with Gasteiger partial charge in [-0.1, -0.05) is 43.3 Å². The molecule has 0 saturated carbocycles. The predicted octanol–water partition coefficient (Wildman–Crippen LogP) is 4.12. The summed E-state index contributed by atoms with van der Waals surface area (Å²) in [5, 5.41) is 14.2. The molecule has 4 nitrogen and oxygen atoms in total. The molecule has 0 aliphatic rings. The second-order valence-corrected chi connectivity index (χ2v) is 4.95. The average molecular weight is 270 g/mol. The molecule has 4 heteroatoms. The summed E-state index contributed by atoms with van der Waals surface area (Å²) in [6.45, 7) is 4.61. The maximum absolute atomic E-state index is 10.9. The lowest BCUT2D eigenvalue weighted by Gasteiger charge is -2.14. The first-order valence-electron chi connectivity index (χ1n) is 6.62. The van der Waals surface area contributed by atoms with Crippen LogP contribution in [0.3, 0.4) is 0 Å². The molecular weight excluding hydrogens is 252 g/mol. The van der Waals surface area contributed by atoms with Crippen molar-refractivity contribution >= 4 is 11.4 Å². The smallest absolute Gasteiger partial charge is 0.274 e. The van der Waals surface area contributed by atoms with Gasteiger partial charge in [-0.15, -0.1) is 0 Å². The summed E-state index contributed by atoms with van der Waals surface area (Å²) in [6, 6.07) is 15.4. The van der Waals surface area contributed by atoms with Crippen molar-refractivity contribution in [3.63, 3.8) is 0 Å². The van der Waals surface area contributed by atoms with Crippen LogP contribution in [0.2, 0.25) is 0 Å². The zero-order chi connectivity index (χ0) is 14.5. The highest BCUT2D eigenvalue weighted by Crippen LogP contribution is 2.23. The minimum absolute atomic E-state index is 0.155. The Morgan fingerprint density at radius 1 is 1.20 bits per heavy atom. The topological polar surface area (TPSA) is 55.2 Å². The van der Waals surface area contributed by atoms with Crippen molar-refractivity contribution in [1.29, 1.82) is 0 Å². The Morgan fingerprint density at radius 2 is 1.90 bits per heavy atom. The number of aryl methyl sites for hydroxylation is 1. The first-order valence-corrected chi connectivity index (χ1v) is 6.62. The van der Waals surface area contributed by atoms with Crippen LogP contribution in [0.25, 0.3) is 0 Å². The highest BCUT2D eigenvalue weighted by Gasteiger charge is 2.11. The number of hydrogen-bond donors (Lipinski definition) is 1. The van der Waals surface area contributed by atoms with Crippen LogP contribution in [0.5, 0.6) is 0 Å². The van der Waals surface area contributed by atoms with Crippen molar-refractivity contribution in [1.82, 2.24) is 0 Å². The molecule has 0 bridgehead atoms. The minimum Gasteiger partial charge on any atom is -0.384 e. The van der Waals surface area contributed by atoms with Crippen molar-refractivity contribution in [2.24, 2.45) is 0 Å². The fourth-order valence-corrected chi connectivity index (χ4v) is 2.09. The molecule has 1 N–H and O–H groups in total. The summed E-state index contributed by atoms with van der Waals surface area (Å²) in [5.74, 6) is 0.344. The van der Waals surface area contributed by atoms with Crippen LogP contribution < -0.4 is 5.32 Å². The van der Waals surface area contributed by atoms with Crippen molar-refractivity contribution in [3.8, 4) is 0 Å². The molecule has 0 aliphatic carbocycles. The number of rotatable bonds is 5. The van der Waals surface area contributed by atoms with Gasteiger partial charge in [-0.05, 0) is 24.5 Å². The fraction of sp³-hybridized carbons (Fsp3) is 0.250. The summed E-state index contributed by atoms with van der Waals surface area (Å²) >= 11 is 0. The van der Waals surface area contributed by atoms with E-state index in [2.05, 4.69) is 24.4 Å². The van der Waals surface area contributed by atoms with E-state index in [1.54, 1.807) is 19.1 Å². The molecule has 0 radical (unpaired) electrons. The quantitative estimate of drug-likeness (QED) is 0.656. The number of hydrogen-bond acceptors (Lipinski definition) is 3. The standard InChI is InChI=1S/C16H18N2O2/c1-12-8-9-15(10-16(12)18(19)20)17-11-13(2)14-6-4-3-5-7-14/h3-10,13,17H,11H2,1-2H3. The van der Waals surface area contributed by atoms with E-state index in [4.69, 9.17) is 0 Å². The van der Waals surface area contributed by atoms with E-state index in [0.29, 0.717) is 11.5 Å². The van der Waals surface area contributed by atoms with E-state index in [0.717, 1.165) is 12.2 Å². The van der Waals surface area contributed by atoms with Gasteiger partial charge in [0, 0.05) is 23.9 Å². The van der Waals surface area contributed by atoms with Gasteiger partial charge in [-0.2, -0.15) is 0 Å². The van der Waals surface area contributed by atoms with Gasteiger partial charge in [-0.25, -0.2) is 0 Å². The average Bonchev–Trinajstić information content (AvgIpc) is 2.46. The SMILES string of the molecule is Cc1ccc(NCC(C)c2ccccc2)cc1[N+](=O)[O-]. The molecule has 0 fully saturated rings. The Labute approximate surface area is 118 Å². The maximum Gasteiger partial charge on any atom is 0.274 e. The van der Waals surface area contributed by atoms with Crippen LogP contribution in [-0.4, -0.2) is 11.5 Å². The Bertz CT molecular complexity index is 597. The van der Waals surface area contributed by atoms with Crippen molar-refractivity contribution in [2.45, 2.75) is 19.8 Å². The molecule has 0 aromatic heterocycles. The maximum atomic E-state index is 10.9. The third kappa shape index (κ3) is 3.35. The summed E-state index contributed by atoms with van der Waals surface area (Å²) in [6.07, 6.45) is 0. The van der Waals surface area contributed by atoms with E-state index in [9.17, 15) is 10.1 Å². The van der Waals surface area contributed by atoms with Crippen LogP contribution in [0.1, 0.15) is 24.0 Å². The Morgan fingerprint density at radius 3 is 2.55 bits per heavy atom. The Hall–Kier alpha value is -2.36. The van der Waals surface area contributed by atoms with Crippen LogP contribution in [0.15, 0.2) is 48.5 Å². The number of nitro benzene ring substituents is 1. The van der Waals surface area contributed by atoms with E-state index < -0.39 is 0 Å². The van der Waals surface area contributed by atoms with Crippen LogP contribution in [0, 0.1) is 17.0 Å². The van der Waals surface area contributed by atoms with Crippen LogP contribution in [0.4, 0.5) is 11.4 Å². The van der Waals surface area contributed by atoms with Gasteiger partial charge in [-0.3, -0.25) is 10.1 Å². The first kappa shape index (κ1) is 14.1. The van der Waals surface area contributed by atoms with Gasteiger partial charge in [0.25, 0.3) is 5.69 Å². The monoisotopic (exact) mass is 270 g/mol. The molecule has 1 unspecified atom stereocenters. The van der Waals surface area contributed by atoms with E-state index in [-0.39, 0.29) is 10.6 Å². The summed E-state index contributed by atoms with van der Waals surface area (Å²) < 4.78 is 0. The number of anilines is 1. The lowest BCUT2D eigenvalue weighted by Crippen LogP contribution is -2.10. The van der Waals surface area contributed by atoms with Gasteiger partial charge in [0.15, 0.2) is 0 Å². The van der Waals surface area contributed by atoms with E-state index in [1.807, 2.05) is 24.3 Å². The van der Waals surface area contributed by atoms with Gasteiger partial charge < -0.3 is 5.32 Å². The zero-order valence-corrected chi connectivity index (χ0v) is 11.7. The van der Waals surface area contributed by atoms with Gasteiger partial charge in [0.1, 0.15) is 0 Å². The predicted molar refractivity (Wildman–Crippen MR) is 81.2 cm³/mol. The number of benzene rings is 2. The third-order valence-electron chi connectivity index (χ3n) is 3.39. The number of nitrogens with one attached hydrogen (secondary N) is 1. The molecule has 0 amide bonds. The largest absolute Gasteiger partial charge is 0.384 e. The van der Waals surface area contributed by atoms with Gasteiger partial charge >= 0.3 is 0 Å². The molecule has 0 saturated heterocycles. The minimum atomic E-state index is -0.346. The van der Waals surface area contributed by atoms with Crippen molar-refractivity contribution in [2.75, 3.05) is 11.9 Å². The molecule has 0 heterocycles. The highest BCUT2D eigenvalue weighted by atomic mass is 16.6. The van der Waals surface area contributed by atoms with Gasteiger partial charge in [0.05, 0.1) is 4.92 Å². The molecule has 2 aromatic carbocycles.